The van der Waals surface area contributed by atoms with Crippen molar-refractivity contribution in [1.29, 1.82) is 0 Å². The molecule has 0 aromatic heterocycles. The lowest BCUT2D eigenvalue weighted by molar-refractivity contribution is -0.143. The highest BCUT2D eigenvalue weighted by Gasteiger charge is 1.99. The van der Waals surface area contributed by atoms with Gasteiger partial charge in [0, 0.05) is 12.8 Å². The summed E-state index contributed by atoms with van der Waals surface area (Å²) in [5, 5.41) is 8.35. The fraction of sp³-hybridized carbons (Fsp3) is 0.900. The summed E-state index contributed by atoms with van der Waals surface area (Å²) in [6.07, 6.45) is 15.2. The number of carbonyl (C=O) groups is 2. The molecule has 0 rings (SSSR count). The van der Waals surface area contributed by atoms with E-state index < -0.39 is 5.97 Å². The van der Waals surface area contributed by atoms with E-state index in [1.165, 1.54) is 51.4 Å². The molecule has 0 spiro atoms. The second-order valence-corrected chi connectivity index (χ2v) is 6.23. The number of aliphatic carboxylic acids is 1. The molecule has 144 valence electrons. The number of carbonyl (C=O) groups excluding carboxylic acids is 1. The predicted octanol–water partition coefficient (Wildman–Crippen LogP) is 6.12. The Bertz CT molecular complexity index is 277. The van der Waals surface area contributed by atoms with Crippen LogP contribution < -0.4 is 0 Å². The van der Waals surface area contributed by atoms with Crippen molar-refractivity contribution in [3.05, 3.63) is 0 Å². The van der Waals surface area contributed by atoms with Crippen molar-refractivity contribution in [1.82, 2.24) is 0 Å². The average Bonchev–Trinajstić information content (AvgIpc) is 2.54. The second kappa shape index (κ2) is 21.9. The minimum absolute atomic E-state index is 0.0472. The molecule has 0 amide bonds. The van der Waals surface area contributed by atoms with Crippen molar-refractivity contribution in [2.45, 2.75) is 111 Å². The molecular formula is C20H40O4. The van der Waals surface area contributed by atoms with Crippen LogP contribution in [-0.4, -0.2) is 23.7 Å². The van der Waals surface area contributed by atoms with Gasteiger partial charge in [-0.05, 0) is 19.8 Å². The molecular weight excluding hydrogens is 304 g/mol. The second-order valence-electron chi connectivity index (χ2n) is 6.23. The van der Waals surface area contributed by atoms with Crippen LogP contribution in [0.1, 0.15) is 111 Å². The van der Waals surface area contributed by atoms with Gasteiger partial charge in [0.05, 0.1) is 6.61 Å². The molecule has 0 heterocycles. The molecule has 4 nitrogen and oxygen atoms in total. The standard InChI is InChI=1S/2C10H20O2/c1-3-5-6-7-8-9-10(11)12-4-2;1-2-3-4-5-6-7-8-9-10(11)12/h3-9H2,1-2H3;2-9H2,1H3,(H,11,12). The zero-order valence-electron chi connectivity index (χ0n) is 16.3. The smallest absolute Gasteiger partial charge is 0.305 e. The van der Waals surface area contributed by atoms with Crippen LogP contribution in [0.4, 0.5) is 0 Å². The van der Waals surface area contributed by atoms with Crippen LogP contribution in [0.2, 0.25) is 0 Å². The van der Waals surface area contributed by atoms with Crippen LogP contribution >= 0.6 is 0 Å². The van der Waals surface area contributed by atoms with Gasteiger partial charge in [-0.25, -0.2) is 0 Å². The van der Waals surface area contributed by atoms with Gasteiger partial charge < -0.3 is 9.84 Å². The number of carboxylic acid groups (broad SMARTS) is 1. The Labute approximate surface area is 149 Å². The van der Waals surface area contributed by atoms with E-state index in [0.29, 0.717) is 19.4 Å². The van der Waals surface area contributed by atoms with Gasteiger partial charge in [0.25, 0.3) is 0 Å². The fourth-order valence-corrected chi connectivity index (χ4v) is 2.34. The Kier molecular flexibility index (Phi) is 23.0. The summed E-state index contributed by atoms with van der Waals surface area (Å²) in [5.74, 6) is -0.711. The number of ether oxygens (including phenoxy) is 1. The number of hydrogen-bond acceptors (Lipinski definition) is 3. The molecule has 0 aliphatic carbocycles. The lowest BCUT2D eigenvalue weighted by atomic mass is 10.1. The average molecular weight is 345 g/mol. The third-order valence-corrected chi connectivity index (χ3v) is 3.78. The molecule has 4 heteroatoms. The van der Waals surface area contributed by atoms with E-state index in [1.54, 1.807) is 0 Å². The molecule has 0 aromatic rings. The Morgan fingerprint density at radius 1 is 0.667 bits per heavy atom. The molecule has 1 N–H and O–H groups in total. The van der Waals surface area contributed by atoms with Gasteiger partial charge in [-0.2, -0.15) is 0 Å². The van der Waals surface area contributed by atoms with Crippen LogP contribution in [0.5, 0.6) is 0 Å². The topological polar surface area (TPSA) is 63.6 Å². The summed E-state index contributed by atoms with van der Waals surface area (Å²) in [4.78, 5) is 21.0. The third-order valence-electron chi connectivity index (χ3n) is 3.78. The number of esters is 1. The minimum atomic E-state index is -0.663. The first-order chi connectivity index (χ1) is 11.6. The monoisotopic (exact) mass is 344 g/mol. The summed E-state index contributed by atoms with van der Waals surface area (Å²) < 4.78 is 4.81. The normalized spacial score (nSPS) is 9.96. The minimum Gasteiger partial charge on any atom is -0.481 e. The lowest BCUT2D eigenvalue weighted by Gasteiger charge is -2.00. The first-order valence-corrected chi connectivity index (χ1v) is 9.95. The van der Waals surface area contributed by atoms with Gasteiger partial charge in [-0.3, -0.25) is 9.59 Å². The number of carboxylic acids is 1. The van der Waals surface area contributed by atoms with Gasteiger partial charge >= 0.3 is 11.9 Å². The van der Waals surface area contributed by atoms with Crippen molar-refractivity contribution >= 4 is 11.9 Å². The van der Waals surface area contributed by atoms with E-state index in [0.717, 1.165) is 25.7 Å². The van der Waals surface area contributed by atoms with Gasteiger partial charge in [0.15, 0.2) is 0 Å². The molecule has 0 atom stereocenters. The van der Waals surface area contributed by atoms with E-state index in [1.807, 2.05) is 6.92 Å². The molecule has 0 saturated carbocycles. The molecule has 0 aliphatic heterocycles. The first-order valence-electron chi connectivity index (χ1n) is 9.95. The fourth-order valence-electron chi connectivity index (χ4n) is 2.34. The van der Waals surface area contributed by atoms with Gasteiger partial charge in [0.2, 0.25) is 0 Å². The summed E-state index contributed by atoms with van der Waals surface area (Å²) in [5.41, 5.74) is 0. The van der Waals surface area contributed by atoms with Crippen LogP contribution in [0.3, 0.4) is 0 Å². The predicted molar refractivity (Wildman–Crippen MR) is 100 cm³/mol. The third kappa shape index (κ3) is 25.9. The van der Waals surface area contributed by atoms with Gasteiger partial charge in [0.1, 0.15) is 0 Å². The summed E-state index contributed by atoms with van der Waals surface area (Å²) in [6, 6.07) is 0. The maximum absolute atomic E-state index is 10.9. The maximum Gasteiger partial charge on any atom is 0.305 e. The molecule has 0 saturated heterocycles. The highest BCUT2D eigenvalue weighted by Crippen LogP contribution is 2.08. The maximum atomic E-state index is 10.9. The van der Waals surface area contributed by atoms with Crippen molar-refractivity contribution in [3.8, 4) is 0 Å². The first kappa shape index (κ1) is 25.2. The molecule has 0 unspecified atom stereocenters. The van der Waals surface area contributed by atoms with Gasteiger partial charge in [-0.1, -0.05) is 78.1 Å². The zero-order chi connectivity index (χ0) is 18.5. The quantitative estimate of drug-likeness (QED) is 0.287. The molecule has 0 aromatic carbocycles. The van der Waals surface area contributed by atoms with Crippen LogP contribution in [0.25, 0.3) is 0 Å². The molecule has 0 fully saturated rings. The number of rotatable bonds is 15. The van der Waals surface area contributed by atoms with Crippen LogP contribution in [0, 0.1) is 0 Å². The summed E-state index contributed by atoms with van der Waals surface area (Å²) >= 11 is 0. The van der Waals surface area contributed by atoms with Crippen LogP contribution in [-0.2, 0) is 14.3 Å². The lowest BCUT2D eigenvalue weighted by Crippen LogP contribution is -2.02. The van der Waals surface area contributed by atoms with Crippen molar-refractivity contribution in [2.75, 3.05) is 6.61 Å². The number of unbranched alkanes of at least 4 members (excludes halogenated alkanes) is 10. The SMILES string of the molecule is CCCCCCCC(=O)OCC.CCCCCCCCCC(=O)O. The molecule has 0 aliphatic rings. The van der Waals surface area contributed by atoms with Crippen molar-refractivity contribution in [3.63, 3.8) is 0 Å². The summed E-state index contributed by atoms with van der Waals surface area (Å²) in [6.45, 7) is 6.73. The van der Waals surface area contributed by atoms with E-state index in [2.05, 4.69) is 13.8 Å². The van der Waals surface area contributed by atoms with E-state index >= 15 is 0 Å². The van der Waals surface area contributed by atoms with E-state index in [4.69, 9.17) is 9.84 Å². The Morgan fingerprint density at radius 3 is 1.50 bits per heavy atom. The van der Waals surface area contributed by atoms with Crippen molar-refractivity contribution < 1.29 is 19.4 Å². The highest BCUT2D eigenvalue weighted by molar-refractivity contribution is 5.69. The Balaban J connectivity index is 0. The van der Waals surface area contributed by atoms with E-state index in [-0.39, 0.29) is 5.97 Å². The zero-order valence-corrected chi connectivity index (χ0v) is 16.3. The van der Waals surface area contributed by atoms with E-state index in [9.17, 15) is 9.59 Å². The number of hydrogen-bond donors (Lipinski definition) is 1. The summed E-state index contributed by atoms with van der Waals surface area (Å²) in [7, 11) is 0. The van der Waals surface area contributed by atoms with Crippen molar-refractivity contribution in [2.24, 2.45) is 0 Å². The Hall–Kier alpha value is -1.06. The molecule has 0 radical (unpaired) electrons. The molecule has 0 bridgehead atoms. The van der Waals surface area contributed by atoms with Gasteiger partial charge in [-0.15, -0.1) is 0 Å². The Morgan fingerprint density at radius 2 is 1.08 bits per heavy atom. The molecule has 24 heavy (non-hydrogen) atoms. The highest BCUT2D eigenvalue weighted by atomic mass is 16.5. The largest absolute Gasteiger partial charge is 0.481 e. The van der Waals surface area contributed by atoms with Crippen LogP contribution in [0.15, 0.2) is 0 Å².